The first-order valence-electron chi connectivity index (χ1n) is 7.04. The van der Waals surface area contributed by atoms with Gasteiger partial charge in [-0.05, 0) is 41.5 Å². The van der Waals surface area contributed by atoms with E-state index in [9.17, 15) is 4.79 Å². The highest BCUT2D eigenvalue weighted by atomic mass is 35.5. The van der Waals surface area contributed by atoms with Crippen LogP contribution in [0.4, 0.5) is 0 Å². The molecule has 3 rings (SSSR count). The summed E-state index contributed by atoms with van der Waals surface area (Å²) in [7, 11) is 1.62. The number of methoxy groups -OCH3 is 1. The number of ether oxygens (including phenoxy) is 2. The van der Waals surface area contributed by atoms with Crippen molar-refractivity contribution in [1.29, 1.82) is 0 Å². The lowest BCUT2D eigenvalue weighted by Gasteiger charge is -2.02. The Hall–Kier alpha value is -2.59. The molecule has 0 N–H and O–H groups in total. The van der Waals surface area contributed by atoms with Gasteiger partial charge < -0.3 is 9.47 Å². The third-order valence-corrected chi connectivity index (χ3v) is 3.57. The molecule has 0 atom stereocenters. The van der Waals surface area contributed by atoms with Gasteiger partial charge in [-0.2, -0.15) is 0 Å². The van der Waals surface area contributed by atoms with Gasteiger partial charge in [-0.1, -0.05) is 35.9 Å². The third kappa shape index (κ3) is 3.79. The molecule has 0 unspecified atom stereocenters. The average molecular weight is 328 g/mol. The summed E-state index contributed by atoms with van der Waals surface area (Å²) in [4.78, 5) is 16.2. The molecule has 0 saturated heterocycles. The summed E-state index contributed by atoms with van der Waals surface area (Å²) in [5.41, 5.74) is 2.07. The van der Waals surface area contributed by atoms with Crippen LogP contribution in [-0.2, 0) is 16.0 Å². The number of benzene rings is 2. The summed E-state index contributed by atoms with van der Waals surface area (Å²) in [5.74, 6) is 0.711. The van der Waals surface area contributed by atoms with Crippen LogP contribution in [0, 0.1) is 0 Å². The van der Waals surface area contributed by atoms with Gasteiger partial charge in [0.2, 0.25) is 5.90 Å². The number of carbonyl (C=O) groups is 1. The van der Waals surface area contributed by atoms with Crippen LogP contribution in [-0.4, -0.2) is 19.0 Å². The van der Waals surface area contributed by atoms with E-state index >= 15 is 0 Å². The van der Waals surface area contributed by atoms with Crippen LogP contribution in [0.5, 0.6) is 5.75 Å². The van der Waals surface area contributed by atoms with Crippen molar-refractivity contribution < 1.29 is 14.3 Å². The van der Waals surface area contributed by atoms with E-state index in [-0.39, 0.29) is 5.70 Å². The van der Waals surface area contributed by atoms with Gasteiger partial charge in [0.25, 0.3) is 0 Å². The van der Waals surface area contributed by atoms with Crippen LogP contribution >= 0.6 is 11.6 Å². The molecule has 1 aliphatic rings. The molecular weight excluding hydrogens is 314 g/mol. The highest BCUT2D eigenvalue weighted by Gasteiger charge is 2.22. The smallest absolute Gasteiger partial charge is 0.363 e. The van der Waals surface area contributed by atoms with Gasteiger partial charge in [0.15, 0.2) is 5.70 Å². The van der Waals surface area contributed by atoms with E-state index in [1.807, 2.05) is 36.4 Å². The second-order valence-electron chi connectivity index (χ2n) is 5.00. The fourth-order valence-electron chi connectivity index (χ4n) is 2.20. The standard InChI is InChI=1S/C18H14ClNO3/c1-22-15-7-5-12(6-8-15)11-17-20-16(18(21)23-17)10-13-3-2-4-14(19)9-13/h2-10H,11H2,1H3/b16-10+. The Bertz CT molecular complexity index is 794. The molecule has 2 aromatic rings. The molecule has 4 nitrogen and oxygen atoms in total. The summed E-state index contributed by atoms with van der Waals surface area (Å²) in [6.07, 6.45) is 2.11. The number of hydrogen-bond acceptors (Lipinski definition) is 4. The molecule has 23 heavy (non-hydrogen) atoms. The number of nitrogens with zero attached hydrogens (tertiary/aromatic N) is 1. The van der Waals surface area contributed by atoms with Gasteiger partial charge in [-0.3, -0.25) is 0 Å². The van der Waals surface area contributed by atoms with Gasteiger partial charge in [-0.25, -0.2) is 9.79 Å². The number of carbonyl (C=O) groups excluding carboxylic acids is 1. The number of hydrogen-bond donors (Lipinski definition) is 0. The maximum Gasteiger partial charge on any atom is 0.363 e. The molecule has 2 aromatic carbocycles. The number of esters is 1. The Labute approximate surface area is 139 Å². The SMILES string of the molecule is COc1ccc(CC2=N/C(=C/c3cccc(Cl)c3)C(=O)O2)cc1. The maximum atomic E-state index is 11.9. The Kier molecular flexibility index (Phi) is 4.44. The molecule has 0 radical (unpaired) electrons. The fraction of sp³-hybridized carbons (Fsp3) is 0.111. The minimum atomic E-state index is -0.450. The van der Waals surface area contributed by atoms with Gasteiger partial charge in [0, 0.05) is 11.4 Å². The fourth-order valence-corrected chi connectivity index (χ4v) is 2.40. The van der Waals surface area contributed by atoms with Crippen LogP contribution in [0.3, 0.4) is 0 Å². The molecule has 0 aromatic heterocycles. The van der Waals surface area contributed by atoms with Gasteiger partial charge in [0.05, 0.1) is 7.11 Å². The predicted octanol–water partition coefficient (Wildman–Crippen LogP) is 3.89. The van der Waals surface area contributed by atoms with Gasteiger partial charge in [-0.15, -0.1) is 0 Å². The highest BCUT2D eigenvalue weighted by molar-refractivity contribution is 6.30. The summed E-state index contributed by atoms with van der Waals surface area (Å²) in [6, 6.07) is 14.7. The van der Waals surface area contributed by atoms with E-state index in [0.717, 1.165) is 16.9 Å². The first-order valence-corrected chi connectivity index (χ1v) is 7.42. The lowest BCUT2D eigenvalue weighted by molar-refractivity contribution is -0.130. The predicted molar refractivity (Wildman–Crippen MR) is 89.7 cm³/mol. The summed E-state index contributed by atoms with van der Waals surface area (Å²) in [5, 5.41) is 0.605. The van der Waals surface area contributed by atoms with Crippen molar-refractivity contribution in [2.24, 2.45) is 4.99 Å². The lowest BCUT2D eigenvalue weighted by Crippen LogP contribution is -2.06. The van der Waals surface area contributed by atoms with Crippen molar-refractivity contribution in [3.05, 3.63) is 70.4 Å². The topological polar surface area (TPSA) is 47.9 Å². The minimum Gasteiger partial charge on any atom is -0.497 e. The molecule has 0 fully saturated rings. The van der Waals surface area contributed by atoms with Gasteiger partial charge in [0.1, 0.15) is 5.75 Å². The van der Waals surface area contributed by atoms with Crippen molar-refractivity contribution in [2.75, 3.05) is 7.11 Å². The number of aliphatic imine (C=N–C) groups is 1. The zero-order valence-electron chi connectivity index (χ0n) is 12.5. The van der Waals surface area contributed by atoms with E-state index in [2.05, 4.69) is 4.99 Å². The van der Waals surface area contributed by atoms with Crippen molar-refractivity contribution in [3.8, 4) is 5.75 Å². The van der Waals surface area contributed by atoms with Crippen molar-refractivity contribution in [1.82, 2.24) is 0 Å². The molecule has 0 saturated carbocycles. The highest BCUT2D eigenvalue weighted by Crippen LogP contribution is 2.20. The molecule has 0 spiro atoms. The largest absolute Gasteiger partial charge is 0.497 e. The molecule has 1 heterocycles. The molecule has 1 aliphatic heterocycles. The Morgan fingerprint density at radius 1 is 1.22 bits per heavy atom. The average Bonchev–Trinajstić information content (AvgIpc) is 2.87. The molecule has 0 aliphatic carbocycles. The molecule has 5 heteroatoms. The zero-order valence-corrected chi connectivity index (χ0v) is 13.2. The van der Waals surface area contributed by atoms with E-state index < -0.39 is 5.97 Å². The Morgan fingerprint density at radius 3 is 2.70 bits per heavy atom. The first-order chi connectivity index (χ1) is 11.1. The van der Waals surface area contributed by atoms with Crippen molar-refractivity contribution >= 4 is 29.5 Å². The van der Waals surface area contributed by atoms with Crippen LogP contribution in [0.15, 0.2) is 59.2 Å². The normalized spacial score (nSPS) is 15.5. The van der Waals surface area contributed by atoms with Crippen LogP contribution in [0.1, 0.15) is 11.1 Å². The first kappa shape index (κ1) is 15.3. The van der Waals surface area contributed by atoms with Crippen LogP contribution in [0.2, 0.25) is 5.02 Å². The van der Waals surface area contributed by atoms with Crippen LogP contribution in [0.25, 0.3) is 6.08 Å². The summed E-state index contributed by atoms with van der Waals surface area (Å²) < 4.78 is 10.3. The molecular formula is C18H14ClNO3. The van der Waals surface area contributed by atoms with E-state index in [0.29, 0.717) is 17.3 Å². The number of cyclic esters (lactones) is 1. The van der Waals surface area contributed by atoms with Gasteiger partial charge >= 0.3 is 5.97 Å². The third-order valence-electron chi connectivity index (χ3n) is 3.33. The Balaban J connectivity index is 1.78. The van der Waals surface area contributed by atoms with Crippen molar-refractivity contribution in [2.45, 2.75) is 6.42 Å². The molecule has 116 valence electrons. The van der Waals surface area contributed by atoms with E-state index in [1.165, 1.54) is 0 Å². The Morgan fingerprint density at radius 2 is 2.00 bits per heavy atom. The zero-order chi connectivity index (χ0) is 16.2. The maximum absolute atomic E-state index is 11.9. The molecule has 0 amide bonds. The quantitative estimate of drug-likeness (QED) is 0.632. The minimum absolute atomic E-state index is 0.274. The number of rotatable bonds is 4. The molecule has 0 bridgehead atoms. The second-order valence-corrected chi connectivity index (χ2v) is 5.44. The number of halogens is 1. The van der Waals surface area contributed by atoms with Crippen molar-refractivity contribution in [3.63, 3.8) is 0 Å². The summed E-state index contributed by atoms with van der Waals surface area (Å²) >= 11 is 5.94. The van der Waals surface area contributed by atoms with Crippen LogP contribution < -0.4 is 4.74 Å². The monoisotopic (exact) mass is 327 g/mol. The summed E-state index contributed by atoms with van der Waals surface area (Å²) in [6.45, 7) is 0. The second kappa shape index (κ2) is 6.67. The lowest BCUT2D eigenvalue weighted by atomic mass is 10.1. The van der Waals surface area contributed by atoms with E-state index in [1.54, 1.807) is 25.3 Å². The van der Waals surface area contributed by atoms with E-state index in [4.69, 9.17) is 21.1 Å².